The molecular formula is C13H21FN2O. The lowest BCUT2D eigenvalue weighted by Gasteiger charge is -2.09. The van der Waals surface area contributed by atoms with Crippen LogP contribution in [0.3, 0.4) is 0 Å². The van der Waals surface area contributed by atoms with Crippen molar-refractivity contribution in [3.05, 3.63) is 29.6 Å². The SMILES string of the molecule is CNCCCNCCc1cc(F)ccc1OC. The van der Waals surface area contributed by atoms with Crippen molar-refractivity contribution in [2.45, 2.75) is 12.8 Å². The average Bonchev–Trinajstić information content (AvgIpc) is 2.34. The van der Waals surface area contributed by atoms with Crippen LogP contribution in [0, 0.1) is 5.82 Å². The van der Waals surface area contributed by atoms with Gasteiger partial charge in [0, 0.05) is 0 Å². The Balaban J connectivity index is 2.32. The molecule has 0 spiro atoms. The molecule has 0 atom stereocenters. The second-order valence-electron chi connectivity index (χ2n) is 3.91. The quantitative estimate of drug-likeness (QED) is 0.677. The van der Waals surface area contributed by atoms with E-state index in [4.69, 9.17) is 4.74 Å². The summed E-state index contributed by atoms with van der Waals surface area (Å²) in [7, 11) is 3.55. The number of benzene rings is 1. The zero-order chi connectivity index (χ0) is 12.5. The first-order valence-electron chi connectivity index (χ1n) is 5.95. The Labute approximate surface area is 102 Å². The summed E-state index contributed by atoms with van der Waals surface area (Å²) in [5.74, 6) is 0.541. The van der Waals surface area contributed by atoms with E-state index in [-0.39, 0.29) is 5.82 Å². The van der Waals surface area contributed by atoms with Crippen LogP contribution in [0.15, 0.2) is 18.2 Å². The fourth-order valence-electron chi connectivity index (χ4n) is 1.68. The number of halogens is 1. The third-order valence-electron chi connectivity index (χ3n) is 2.59. The van der Waals surface area contributed by atoms with Crippen molar-refractivity contribution < 1.29 is 9.13 Å². The van der Waals surface area contributed by atoms with Gasteiger partial charge in [-0.3, -0.25) is 0 Å². The van der Waals surface area contributed by atoms with Gasteiger partial charge in [0.05, 0.1) is 7.11 Å². The molecule has 1 rings (SSSR count). The first kappa shape index (κ1) is 13.9. The first-order valence-corrected chi connectivity index (χ1v) is 5.95. The monoisotopic (exact) mass is 240 g/mol. The maximum Gasteiger partial charge on any atom is 0.123 e. The standard InChI is InChI=1S/C13H21FN2O/c1-15-7-3-8-16-9-6-11-10-12(14)4-5-13(11)17-2/h4-5,10,15-16H,3,6-9H2,1-2H3. The second-order valence-corrected chi connectivity index (χ2v) is 3.91. The van der Waals surface area contributed by atoms with Crippen molar-refractivity contribution >= 4 is 0 Å². The summed E-state index contributed by atoms with van der Waals surface area (Å²) in [6.07, 6.45) is 1.87. The Kier molecular flexibility index (Phi) is 6.58. The number of methoxy groups -OCH3 is 1. The van der Waals surface area contributed by atoms with Gasteiger partial charge in [-0.25, -0.2) is 4.39 Å². The predicted octanol–water partition coefficient (Wildman–Crippen LogP) is 1.58. The highest BCUT2D eigenvalue weighted by molar-refractivity contribution is 5.34. The van der Waals surface area contributed by atoms with E-state index >= 15 is 0 Å². The van der Waals surface area contributed by atoms with Gasteiger partial charge in [0.25, 0.3) is 0 Å². The van der Waals surface area contributed by atoms with Crippen molar-refractivity contribution in [1.82, 2.24) is 10.6 Å². The molecule has 17 heavy (non-hydrogen) atoms. The number of nitrogens with one attached hydrogen (secondary N) is 2. The van der Waals surface area contributed by atoms with E-state index in [2.05, 4.69) is 10.6 Å². The fourth-order valence-corrected chi connectivity index (χ4v) is 1.68. The van der Waals surface area contributed by atoms with Crippen LogP contribution in [0.5, 0.6) is 5.75 Å². The molecule has 96 valence electrons. The lowest BCUT2D eigenvalue weighted by Crippen LogP contribution is -2.22. The van der Waals surface area contributed by atoms with Crippen LogP contribution in [0.2, 0.25) is 0 Å². The molecule has 0 aromatic heterocycles. The van der Waals surface area contributed by atoms with Crippen LogP contribution >= 0.6 is 0 Å². The minimum Gasteiger partial charge on any atom is -0.496 e. The lowest BCUT2D eigenvalue weighted by atomic mass is 10.1. The van der Waals surface area contributed by atoms with Gasteiger partial charge in [0.2, 0.25) is 0 Å². The highest BCUT2D eigenvalue weighted by Crippen LogP contribution is 2.19. The molecule has 0 fully saturated rings. The number of rotatable bonds is 8. The molecule has 1 aromatic carbocycles. The van der Waals surface area contributed by atoms with Crippen LogP contribution in [0.1, 0.15) is 12.0 Å². The summed E-state index contributed by atoms with van der Waals surface area (Å²) in [5, 5.41) is 6.41. The van der Waals surface area contributed by atoms with Gasteiger partial charge in [-0.2, -0.15) is 0 Å². The minimum absolute atomic E-state index is 0.212. The second kappa shape index (κ2) is 8.03. The summed E-state index contributed by atoms with van der Waals surface area (Å²) >= 11 is 0. The minimum atomic E-state index is -0.212. The molecule has 0 amide bonds. The molecule has 0 aliphatic carbocycles. The van der Waals surface area contributed by atoms with Crippen LogP contribution in [0.25, 0.3) is 0 Å². The normalized spacial score (nSPS) is 10.5. The number of ether oxygens (including phenoxy) is 1. The molecule has 0 saturated carbocycles. The van der Waals surface area contributed by atoms with E-state index in [0.717, 1.165) is 43.8 Å². The maximum atomic E-state index is 13.1. The highest BCUT2D eigenvalue weighted by atomic mass is 19.1. The van der Waals surface area contributed by atoms with E-state index < -0.39 is 0 Å². The third kappa shape index (κ3) is 5.15. The Morgan fingerprint density at radius 1 is 1.24 bits per heavy atom. The Morgan fingerprint density at radius 3 is 2.76 bits per heavy atom. The van der Waals surface area contributed by atoms with Crippen LogP contribution in [-0.2, 0) is 6.42 Å². The Morgan fingerprint density at radius 2 is 2.06 bits per heavy atom. The van der Waals surface area contributed by atoms with Gasteiger partial charge in [-0.15, -0.1) is 0 Å². The smallest absolute Gasteiger partial charge is 0.123 e. The van der Waals surface area contributed by atoms with Gasteiger partial charge in [0.15, 0.2) is 0 Å². The number of hydrogen-bond donors (Lipinski definition) is 2. The van der Waals surface area contributed by atoms with Crippen LogP contribution in [-0.4, -0.2) is 33.8 Å². The van der Waals surface area contributed by atoms with Gasteiger partial charge >= 0.3 is 0 Å². The van der Waals surface area contributed by atoms with Crippen molar-refractivity contribution in [2.24, 2.45) is 0 Å². The van der Waals surface area contributed by atoms with E-state index in [1.54, 1.807) is 13.2 Å². The topological polar surface area (TPSA) is 33.3 Å². The van der Waals surface area contributed by atoms with Crippen molar-refractivity contribution in [1.29, 1.82) is 0 Å². The summed E-state index contributed by atoms with van der Waals surface area (Å²) in [4.78, 5) is 0. The van der Waals surface area contributed by atoms with Gasteiger partial charge in [0.1, 0.15) is 11.6 Å². The van der Waals surface area contributed by atoms with Gasteiger partial charge < -0.3 is 15.4 Å². The molecule has 3 nitrogen and oxygen atoms in total. The zero-order valence-corrected chi connectivity index (χ0v) is 10.6. The van der Waals surface area contributed by atoms with E-state index in [0.29, 0.717) is 0 Å². The maximum absolute atomic E-state index is 13.1. The molecule has 1 aromatic rings. The molecule has 0 saturated heterocycles. The van der Waals surface area contributed by atoms with E-state index in [1.807, 2.05) is 7.05 Å². The van der Waals surface area contributed by atoms with Crippen LogP contribution in [0.4, 0.5) is 4.39 Å². The van der Waals surface area contributed by atoms with E-state index in [1.165, 1.54) is 12.1 Å². The molecule has 0 aliphatic heterocycles. The average molecular weight is 240 g/mol. The molecule has 0 heterocycles. The molecule has 0 radical (unpaired) electrons. The van der Waals surface area contributed by atoms with Crippen molar-refractivity contribution in [3.8, 4) is 5.75 Å². The van der Waals surface area contributed by atoms with Crippen molar-refractivity contribution in [3.63, 3.8) is 0 Å². The Hall–Kier alpha value is -1.13. The molecule has 0 aliphatic rings. The third-order valence-corrected chi connectivity index (χ3v) is 2.59. The Bertz CT molecular complexity index is 331. The fraction of sp³-hybridized carbons (Fsp3) is 0.538. The summed E-state index contributed by atoms with van der Waals surface area (Å²) in [6.45, 7) is 2.82. The lowest BCUT2D eigenvalue weighted by molar-refractivity contribution is 0.407. The zero-order valence-electron chi connectivity index (χ0n) is 10.6. The summed E-state index contributed by atoms with van der Waals surface area (Å²) in [5.41, 5.74) is 0.911. The predicted molar refractivity (Wildman–Crippen MR) is 68.1 cm³/mol. The van der Waals surface area contributed by atoms with Gasteiger partial charge in [-0.05, 0) is 63.3 Å². The molecule has 4 heteroatoms. The molecule has 2 N–H and O–H groups in total. The molecular weight excluding hydrogens is 219 g/mol. The summed E-state index contributed by atoms with van der Waals surface area (Å²) in [6, 6.07) is 4.63. The number of hydrogen-bond acceptors (Lipinski definition) is 3. The largest absolute Gasteiger partial charge is 0.496 e. The first-order chi connectivity index (χ1) is 8.27. The molecule has 0 bridgehead atoms. The molecule has 0 unspecified atom stereocenters. The van der Waals surface area contributed by atoms with Gasteiger partial charge in [-0.1, -0.05) is 0 Å². The van der Waals surface area contributed by atoms with E-state index in [9.17, 15) is 4.39 Å². The van der Waals surface area contributed by atoms with Crippen molar-refractivity contribution in [2.75, 3.05) is 33.8 Å². The highest BCUT2D eigenvalue weighted by Gasteiger charge is 2.03. The van der Waals surface area contributed by atoms with Crippen LogP contribution < -0.4 is 15.4 Å². The summed E-state index contributed by atoms with van der Waals surface area (Å²) < 4.78 is 18.3.